The van der Waals surface area contributed by atoms with Crippen molar-refractivity contribution in [1.82, 2.24) is 24.0 Å². The Morgan fingerprint density at radius 3 is 2.38 bits per heavy atom. The Labute approximate surface area is 229 Å². The minimum Gasteiger partial charge on any atom is -0.396 e. The highest BCUT2D eigenvalue weighted by molar-refractivity contribution is 5.75. The van der Waals surface area contributed by atoms with Crippen LogP contribution in [0, 0.1) is 6.92 Å². The minimum atomic E-state index is -0.403. The maximum Gasteiger partial charge on any atom is 0.333 e. The topological polar surface area (TPSA) is 97.3 Å². The first-order valence-electron chi connectivity index (χ1n) is 14.0. The summed E-state index contributed by atoms with van der Waals surface area (Å²) in [7, 11) is 0. The maximum absolute atomic E-state index is 13.9. The normalized spacial score (nSPS) is 13.7. The Morgan fingerprint density at radius 1 is 0.897 bits per heavy atom. The number of rotatable bonds is 8. The molecule has 39 heavy (non-hydrogen) atoms. The first kappa shape index (κ1) is 28.3. The summed E-state index contributed by atoms with van der Waals surface area (Å²) in [6.07, 6.45) is 1.29. The molecule has 1 fully saturated rings. The van der Waals surface area contributed by atoms with Crippen LogP contribution in [0.1, 0.15) is 43.4 Å². The fraction of sp³-hybridized carbons (Fsp3) is 0.433. The second-order valence-corrected chi connectivity index (χ2v) is 9.58. The van der Waals surface area contributed by atoms with Crippen LogP contribution in [0.3, 0.4) is 0 Å². The number of imidazole rings is 1. The highest BCUT2D eigenvalue weighted by Gasteiger charge is 2.25. The Bertz CT molecular complexity index is 1480. The zero-order valence-electron chi connectivity index (χ0n) is 23.3. The largest absolute Gasteiger partial charge is 0.396 e. The van der Waals surface area contributed by atoms with Crippen molar-refractivity contribution in [1.29, 1.82) is 0 Å². The predicted molar refractivity (Wildman–Crippen MR) is 157 cm³/mol. The maximum atomic E-state index is 13.9. The molecule has 0 atom stereocenters. The molecule has 2 aromatic carbocycles. The van der Waals surface area contributed by atoms with E-state index in [1.165, 1.54) is 4.57 Å². The lowest BCUT2D eigenvalue weighted by atomic mass is 10.1. The van der Waals surface area contributed by atoms with Crippen molar-refractivity contribution in [2.45, 2.75) is 53.2 Å². The number of aliphatic hydroxyl groups excluding tert-OH is 1. The van der Waals surface area contributed by atoms with Crippen LogP contribution in [0.25, 0.3) is 11.2 Å². The van der Waals surface area contributed by atoms with Gasteiger partial charge >= 0.3 is 5.69 Å². The molecule has 5 rings (SSSR count). The smallest absolute Gasteiger partial charge is 0.333 e. The fourth-order valence-electron chi connectivity index (χ4n) is 5.01. The zero-order chi connectivity index (χ0) is 27.8. The molecule has 0 bridgehead atoms. The number of nitrogens with one attached hydrogen (secondary N) is 1. The van der Waals surface area contributed by atoms with Gasteiger partial charge in [-0.3, -0.25) is 18.5 Å². The third-order valence-corrected chi connectivity index (χ3v) is 7.03. The molecule has 9 nitrogen and oxygen atoms in total. The van der Waals surface area contributed by atoms with E-state index < -0.39 is 5.69 Å². The summed E-state index contributed by atoms with van der Waals surface area (Å²) < 4.78 is 4.85. The first-order valence-corrected chi connectivity index (χ1v) is 14.0. The molecule has 2 N–H and O–H groups in total. The Morgan fingerprint density at radius 2 is 1.64 bits per heavy atom. The van der Waals surface area contributed by atoms with Gasteiger partial charge < -0.3 is 15.3 Å². The lowest BCUT2D eigenvalue weighted by Crippen LogP contribution is -2.41. The van der Waals surface area contributed by atoms with Gasteiger partial charge in [0.05, 0.1) is 13.1 Å². The number of benzene rings is 2. The average molecular weight is 533 g/mol. The molecule has 208 valence electrons. The van der Waals surface area contributed by atoms with Crippen LogP contribution in [0.15, 0.2) is 64.2 Å². The van der Waals surface area contributed by atoms with Gasteiger partial charge in [-0.15, -0.1) is 0 Å². The van der Waals surface area contributed by atoms with E-state index in [1.807, 2.05) is 60.9 Å². The van der Waals surface area contributed by atoms with Gasteiger partial charge in [-0.25, -0.2) is 4.79 Å². The summed E-state index contributed by atoms with van der Waals surface area (Å²) in [5.74, 6) is 0.708. The first-order chi connectivity index (χ1) is 19.1. The third-order valence-electron chi connectivity index (χ3n) is 7.03. The third kappa shape index (κ3) is 6.15. The molecule has 0 unspecified atom stereocenters. The number of aliphatic hydroxyl groups is 1. The van der Waals surface area contributed by atoms with E-state index in [1.54, 1.807) is 4.57 Å². The van der Waals surface area contributed by atoms with Gasteiger partial charge in [0.1, 0.15) is 0 Å². The highest BCUT2D eigenvalue weighted by atomic mass is 16.3. The van der Waals surface area contributed by atoms with Gasteiger partial charge in [0.2, 0.25) is 5.95 Å². The monoisotopic (exact) mass is 532 g/mol. The number of aryl methyl sites for hydroxylation is 1. The van der Waals surface area contributed by atoms with Crippen molar-refractivity contribution >= 4 is 17.1 Å². The summed E-state index contributed by atoms with van der Waals surface area (Å²) in [6, 6.07) is 17.9. The second-order valence-electron chi connectivity index (χ2n) is 9.58. The van der Waals surface area contributed by atoms with Crippen molar-refractivity contribution in [3.05, 3.63) is 92.1 Å². The molecule has 0 saturated carbocycles. The second kappa shape index (κ2) is 13.4. The van der Waals surface area contributed by atoms with Gasteiger partial charge in [-0.1, -0.05) is 68.4 Å². The highest BCUT2D eigenvalue weighted by Crippen LogP contribution is 2.24. The van der Waals surface area contributed by atoms with Gasteiger partial charge in [0.25, 0.3) is 5.56 Å². The van der Waals surface area contributed by atoms with Crippen molar-refractivity contribution in [2.75, 3.05) is 37.7 Å². The molecule has 1 aliphatic heterocycles. The Kier molecular flexibility index (Phi) is 9.73. The molecule has 0 amide bonds. The van der Waals surface area contributed by atoms with E-state index >= 15 is 0 Å². The Hall–Kier alpha value is -3.69. The lowest BCUT2D eigenvalue weighted by molar-refractivity contribution is 0.277. The molecule has 9 heteroatoms. The molecule has 2 aromatic heterocycles. The van der Waals surface area contributed by atoms with E-state index in [0.717, 1.165) is 49.3 Å². The SMILES string of the molecule is CC.Cc1ccccc1Cn1c(N2CCCNCC2)nc2c1c(=O)n(CCCO)c(=O)n2Cc1ccccc1. The number of hydrogen-bond acceptors (Lipinski definition) is 6. The van der Waals surface area contributed by atoms with Crippen LogP contribution >= 0.6 is 0 Å². The lowest BCUT2D eigenvalue weighted by Gasteiger charge is -2.22. The van der Waals surface area contributed by atoms with E-state index in [0.29, 0.717) is 36.6 Å². The molecule has 3 heterocycles. The van der Waals surface area contributed by atoms with Crippen LogP contribution in [-0.4, -0.2) is 56.6 Å². The number of hydrogen-bond donors (Lipinski definition) is 2. The minimum absolute atomic E-state index is 0.100. The summed E-state index contributed by atoms with van der Waals surface area (Å²) >= 11 is 0. The van der Waals surface area contributed by atoms with Crippen LogP contribution in [0.4, 0.5) is 5.95 Å². The molecule has 1 saturated heterocycles. The van der Waals surface area contributed by atoms with Gasteiger partial charge in [-0.05, 0) is 43.0 Å². The molecule has 0 radical (unpaired) electrons. The van der Waals surface area contributed by atoms with Crippen LogP contribution < -0.4 is 21.5 Å². The Balaban J connectivity index is 0.00000172. The van der Waals surface area contributed by atoms with Crippen molar-refractivity contribution in [2.24, 2.45) is 0 Å². The summed E-state index contributed by atoms with van der Waals surface area (Å²) in [5, 5.41) is 12.9. The summed E-state index contributed by atoms with van der Waals surface area (Å²) in [4.78, 5) is 34.8. The molecular weight excluding hydrogens is 492 g/mol. The summed E-state index contributed by atoms with van der Waals surface area (Å²) in [6.45, 7) is 10.2. The standard InChI is InChI=1S/C28H34N6O3.C2H6/c1-21-9-5-6-12-23(21)20-33-24-25(30-27(33)31-15-7-13-29-14-17-31)34(19-22-10-3-2-4-11-22)28(37)32(26(24)36)16-8-18-35;1-2/h2-6,9-12,29,35H,7-8,13-20H2,1H3;1-2H3. The van der Waals surface area contributed by atoms with Gasteiger partial charge in [0.15, 0.2) is 11.2 Å². The summed E-state index contributed by atoms with van der Waals surface area (Å²) in [5.41, 5.74) is 3.23. The number of aromatic nitrogens is 4. The molecule has 0 spiro atoms. The number of anilines is 1. The average Bonchev–Trinajstić information content (AvgIpc) is 3.13. The number of nitrogens with zero attached hydrogens (tertiary/aromatic N) is 5. The number of fused-ring (bicyclic) bond motifs is 1. The fourth-order valence-corrected chi connectivity index (χ4v) is 5.01. The zero-order valence-corrected chi connectivity index (χ0v) is 23.3. The predicted octanol–water partition coefficient (Wildman–Crippen LogP) is 2.97. The molecule has 4 aromatic rings. The van der Waals surface area contributed by atoms with E-state index in [4.69, 9.17) is 4.98 Å². The van der Waals surface area contributed by atoms with E-state index in [-0.39, 0.29) is 18.7 Å². The van der Waals surface area contributed by atoms with Crippen molar-refractivity contribution in [3.8, 4) is 0 Å². The van der Waals surface area contributed by atoms with Crippen LogP contribution in [0.2, 0.25) is 0 Å². The van der Waals surface area contributed by atoms with E-state index in [2.05, 4.69) is 29.3 Å². The van der Waals surface area contributed by atoms with Crippen LogP contribution in [-0.2, 0) is 19.6 Å². The molecule has 0 aliphatic carbocycles. The van der Waals surface area contributed by atoms with E-state index in [9.17, 15) is 14.7 Å². The van der Waals surface area contributed by atoms with Crippen LogP contribution in [0.5, 0.6) is 0 Å². The van der Waals surface area contributed by atoms with Gasteiger partial charge in [-0.2, -0.15) is 4.98 Å². The quantitative estimate of drug-likeness (QED) is 0.362. The van der Waals surface area contributed by atoms with Crippen molar-refractivity contribution < 1.29 is 5.11 Å². The molecular formula is C30H40N6O3. The molecule has 1 aliphatic rings. The van der Waals surface area contributed by atoms with Crippen molar-refractivity contribution in [3.63, 3.8) is 0 Å². The van der Waals surface area contributed by atoms with Gasteiger partial charge in [0, 0.05) is 32.8 Å².